The van der Waals surface area contributed by atoms with Gasteiger partial charge in [-0.2, -0.15) is 0 Å². The second-order valence-electron chi connectivity index (χ2n) is 6.52. The van der Waals surface area contributed by atoms with Crippen molar-refractivity contribution in [2.45, 2.75) is 58.5 Å². The minimum absolute atomic E-state index is 0.0956. The number of hydrogen-bond acceptors (Lipinski definition) is 2. The number of ketones is 1. The van der Waals surface area contributed by atoms with Crippen LogP contribution in [0, 0.1) is 11.3 Å². The molecule has 0 saturated heterocycles. The van der Waals surface area contributed by atoms with E-state index in [1.165, 1.54) is 16.7 Å². The average Bonchev–Trinajstić information content (AvgIpc) is 2.31. The monoisotopic (exact) mass is 246 g/mol. The smallest absolute Gasteiger partial charge is 0.155 e. The largest absolute Gasteiger partial charge is 0.392 e. The Bertz CT molecular complexity index is 454. The molecule has 0 aliphatic heterocycles. The zero-order valence-electron chi connectivity index (χ0n) is 11.3. The fourth-order valence-electron chi connectivity index (χ4n) is 4.20. The Morgan fingerprint density at radius 2 is 2.17 bits per heavy atom. The molecule has 2 fully saturated rings. The van der Waals surface area contributed by atoms with Crippen molar-refractivity contribution >= 4 is 5.78 Å². The Balaban J connectivity index is 2.07. The second kappa shape index (κ2) is 4.06. The molecule has 3 aliphatic rings. The number of rotatable bonds is 0. The quantitative estimate of drug-likeness (QED) is 0.667. The third-order valence-corrected chi connectivity index (χ3v) is 5.33. The molecule has 0 heterocycles. The molecule has 2 saturated carbocycles. The number of allylic oxidation sites excluding steroid dienone is 3. The van der Waals surface area contributed by atoms with Crippen LogP contribution in [0.1, 0.15) is 52.4 Å². The fraction of sp³-hybridized carbons (Fsp3) is 0.688. The molecule has 2 bridgehead atoms. The van der Waals surface area contributed by atoms with Crippen LogP contribution >= 0.6 is 0 Å². The van der Waals surface area contributed by atoms with Gasteiger partial charge in [-0.25, -0.2) is 0 Å². The van der Waals surface area contributed by atoms with Gasteiger partial charge in [0.25, 0.3) is 0 Å². The Kier molecular flexibility index (Phi) is 2.74. The van der Waals surface area contributed by atoms with Gasteiger partial charge in [0.15, 0.2) is 5.78 Å². The van der Waals surface area contributed by atoms with E-state index in [9.17, 15) is 9.90 Å². The van der Waals surface area contributed by atoms with Crippen molar-refractivity contribution in [1.29, 1.82) is 0 Å². The summed E-state index contributed by atoms with van der Waals surface area (Å²) in [4.78, 5) is 11.6. The second-order valence-corrected chi connectivity index (χ2v) is 6.52. The molecular weight excluding hydrogens is 224 g/mol. The summed E-state index contributed by atoms with van der Waals surface area (Å²) in [6.45, 7) is 4.35. The molecule has 3 rings (SSSR count). The van der Waals surface area contributed by atoms with Gasteiger partial charge in [-0.3, -0.25) is 4.79 Å². The molecule has 0 unspecified atom stereocenters. The lowest BCUT2D eigenvalue weighted by atomic mass is 9.53. The van der Waals surface area contributed by atoms with Crippen molar-refractivity contribution in [2.24, 2.45) is 11.3 Å². The van der Waals surface area contributed by atoms with E-state index in [0.29, 0.717) is 12.3 Å². The van der Waals surface area contributed by atoms with E-state index in [1.807, 2.05) is 6.08 Å². The first-order chi connectivity index (χ1) is 8.53. The van der Waals surface area contributed by atoms with Crippen LogP contribution in [0.5, 0.6) is 0 Å². The minimum atomic E-state index is -0.228. The van der Waals surface area contributed by atoms with E-state index in [1.54, 1.807) is 0 Å². The lowest BCUT2D eigenvalue weighted by Gasteiger charge is -2.53. The lowest BCUT2D eigenvalue weighted by Crippen LogP contribution is -2.50. The van der Waals surface area contributed by atoms with Crippen LogP contribution in [0.3, 0.4) is 0 Å². The normalized spacial score (nSPS) is 39.2. The first-order valence-electron chi connectivity index (χ1n) is 7.10. The number of fused-ring (bicyclic) bond motifs is 1. The van der Waals surface area contributed by atoms with E-state index in [-0.39, 0.29) is 17.3 Å². The molecule has 1 N–H and O–H groups in total. The van der Waals surface area contributed by atoms with Gasteiger partial charge in [0, 0.05) is 11.8 Å². The van der Waals surface area contributed by atoms with Gasteiger partial charge in [-0.1, -0.05) is 16.7 Å². The molecule has 0 aromatic heterocycles. The highest BCUT2D eigenvalue weighted by Gasteiger charge is 2.52. The third-order valence-electron chi connectivity index (χ3n) is 5.33. The van der Waals surface area contributed by atoms with Crippen molar-refractivity contribution in [3.05, 3.63) is 22.8 Å². The summed E-state index contributed by atoms with van der Waals surface area (Å²) in [6, 6.07) is 0. The van der Waals surface area contributed by atoms with E-state index < -0.39 is 0 Å². The standard InChI is InChI=1S/C16H22O2/c1-10(2)12-7-11-3-4-13-8-14(17)5-6-16(13,9-12)15(11)18/h8,11,15,18H,3-7,9H2,1-2H3/t11-,15-,16+/m1/s1. The van der Waals surface area contributed by atoms with E-state index >= 15 is 0 Å². The van der Waals surface area contributed by atoms with Crippen LogP contribution in [-0.4, -0.2) is 17.0 Å². The van der Waals surface area contributed by atoms with E-state index in [4.69, 9.17) is 0 Å². The van der Waals surface area contributed by atoms with Gasteiger partial charge < -0.3 is 5.11 Å². The summed E-state index contributed by atoms with van der Waals surface area (Å²) >= 11 is 0. The highest BCUT2D eigenvalue weighted by Crippen LogP contribution is 2.57. The summed E-state index contributed by atoms with van der Waals surface area (Å²) < 4.78 is 0. The minimum Gasteiger partial charge on any atom is -0.392 e. The molecule has 98 valence electrons. The molecular formula is C16H22O2. The topological polar surface area (TPSA) is 37.3 Å². The van der Waals surface area contributed by atoms with Crippen LogP contribution in [0.4, 0.5) is 0 Å². The molecule has 0 amide bonds. The van der Waals surface area contributed by atoms with Crippen molar-refractivity contribution in [1.82, 2.24) is 0 Å². The van der Waals surface area contributed by atoms with Crippen LogP contribution in [0.2, 0.25) is 0 Å². The Labute approximate surface area is 109 Å². The maximum atomic E-state index is 11.6. The van der Waals surface area contributed by atoms with Crippen LogP contribution in [0.25, 0.3) is 0 Å². The van der Waals surface area contributed by atoms with Gasteiger partial charge in [-0.15, -0.1) is 0 Å². The molecule has 1 spiro atoms. The Morgan fingerprint density at radius 1 is 1.39 bits per heavy atom. The number of carbonyl (C=O) groups excluding carboxylic acids is 1. The summed E-state index contributed by atoms with van der Waals surface area (Å²) in [7, 11) is 0. The predicted molar refractivity (Wildman–Crippen MR) is 71.1 cm³/mol. The number of aliphatic hydroxyl groups excluding tert-OH is 1. The maximum absolute atomic E-state index is 11.6. The van der Waals surface area contributed by atoms with Gasteiger partial charge in [0.1, 0.15) is 0 Å². The average molecular weight is 246 g/mol. The maximum Gasteiger partial charge on any atom is 0.155 e. The van der Waals surface area contributed by atoms with Crippen LogP contribution in [0.15, 0.2) is 22.8 Å². The number of hydrogen-bond donors (Lipinski definition) is 1. The first kappa shape index (κ1) is 12.2. The summed E-state index contributed by atoms with van der Waals surface area (Å²) in [5.74, 6) is 0.666. The molecule has 2 heteroatoms. The summed E-state index contributed by atoms with van der Waals surface area (Å²) in [5.41, 5.74) is 4.07. The van der Waals surface area contributed by atoms with Crippen LogP contribution < -0.4 is 0 Å². The lowest BCUT2D eigenvalue weighted by molar-refractivity contribution is -0.118. The Hall–Kier alpha value is -0.890. The molecule has 0 radical (unpaired) electrons. The van der Waals surface area contributed by atoms with Crippen molar-refractivity contribution in [2.75, 3.05) is 0 Å². The fourth-order valence-corrected chi connectivity index (χ4v) is 4.20. The zero-order chi connectivity index (χ0) is 12.9. The molecule has 0 aromatic rings. The number of aliphatic hydroxyl groups is 1. The predicted octanol–water partition coefficient (Wildman–Crippen LogP) is 3.16. The van der Waals surface area contributed by atoms with Crippen LogP contribution in [-0.2, 0) is 4.79 Å². The van der Waals surface area contributed by atoms with E-state index in [0.717, 1.165) is 32.1 Å². The highest BCUT2D eigenvalue weighted by atomic mass is 16.3. The highest BCUT2D eigenvalue weighted by molar-refractivity contribution is 5.91. The zero-order valence-corrected chi connectivity index (χ0v) is 11.3. The molecule has 2 nitrogen and oxygen atoms in total. The van der Waals surface area contributed by atoms with Crippen molar-refractivity contribution < 1.29 is 9.90 Å². The van der Waals surface area contributed by atoms with Gasteiger partial charge in [0.2, 0.25) is 0 Å². The first-order valence-corrected chi connectivity index (χ1v) is 7.10. The van der Waals surface area contributed by atoms with Gasteiger partial charge >= 0.3 is 0 Å². The number of carbonyl (C=O) groups is 1. The van der Waals surface area contributed by atoms with Gasteiger partial charge in [0.05, 0.1) is 6.10 Å². The Morgan fingerprint density at radius 3 is 2.89 bits per heavy atom. The molecule has 0 aromatic carbocycles. The molecule has 3 aliphatic carbocycles. The van der Waals surface area contributed by atoms with Gasteiger partial charge in [-0.05, 0) is 57.9 Å². The van der Waals surface area contributed by atoms with Crippen molar-refractivity contribution in [3.63, 3.8) is 0 Å². The summed E-state index contributed by atoms with van der Waals surface area (Å²) in [6.07, 6.45) is 7.18. The SMILES string of the molecule is CC(C)=C1C[C@H]2CCC3=CC(=O)CC[C@@]3(C1)[C@@H]2O. The third kappa shape index (κ3) is 1.62. The van der Waals surface area contributed by atoms with Crippen molar-refractivity contribution in [3.8, 4) is 0 Å². The summed E-state index contributed by atoms with van der Waals surface area (Å²) in [5, 5.41) is 10.7. The molecule has 3 atom stereocenters. The molecule has 18 heavy (non-hydrogen) atoms. The van der Waals surface area contributed by atoms with E-state index in [2.05, 4.69) is 13.8 Å².